The molecule has 2 fully saturated rings. The van der Waals surface area contributed by atoms with Crippen molar-refractivity contribution in [2.75, 3.05) is 31.2 Å². The lowest BCUT2D eigenvalue weighted by Gasteiger charge is -2.29. The highest BCUT2D eigenvalue weighted by Gasteiger charge is 2.51. The van der Waals surface area contributed by atoms with E-state index in [1.807, 2.05) is 12.1 Å². The maximum absolute atomic E-state index is 12.8. The number of ether oxygens (including phenoxy) is 1. The Bertz CT molecular complexity index is 781. The van der Waals surface area contributed by atoms with Gasteiger partial charge in [0.25, 0.3) is 0 Å². The largest absolute Gasteiger partial charge is 0.378 e. The molecule has 136 valence electrons. The second-order valence-corrected chi connectivity index (χ2v) is 7.96. The van der Waals surface area contributed by atoms with Crippen LogP contribution in [0.5, 0.6) is 0 Å². The molecular formula is C21H23BrN2O2. The van der Waals surface area contributed by atoms with Gasteiger partial charge >= 0.3 is 0 Å². The van der Waals surface area contributed by atoms with Gasteiger partial charge in [-0.05, 0) is 48.2 Å². The summed E-state index contributed by atoms with van der Waals surface area (Å²) >= 11 is 3.50. The normalized spacial score (nSPS) is 18.4. The van der Waals surface area contributed by atoms with Crippen LogP contribution < -0.4 is 10.2 Å². The average Bonchev–Trinajstić information content (AvgIpc) is 3.49. The van der Waals surface area contributed by atoms with Crippen LogP contribution in [0.4, 0.5) is 5.69 Å². The Morgan fingerprint density at radius 2 is 1.85 bits per heavy atom. The Morgan fingerprint density at radius 3 is 2.50 bits per heavy atom. The van der Waals surface area contributed by atoms with Crippen LogP contribution in [0.3, 0.4) is 0 Å². The zero-order valence-electron chi connectivity index (χ0n) is 14.7. The van der Waals surface area contributed by atoms with Gasteiger partial charge in [-0.25, -0.2) is 0 Å². The second kappa shape index (κ2) is 7.41. The van der Waals surface area contributed by atoms with Gasteiger partial charge in [0.05, 0.1) is 18.6 Å². The van der Waals surface area contributed by atoms with Gasteiger partial charge in [0, 0.05) is 29.8 Å². The first kappa shape index (κ1) is 17.6. The summed E-state index contributed by atoms with van der Waals surface area (Å²) in [4.78, 5) is 15.1. The van der Waals surface area contributed by atoms with Crippen LogP contribution in [0.1, 0.15) is 24.0 Å². The number of carbonyl (C=O) groups excluding carboxylic acids is 1. The number of rotatable bonds is 5. The highest BCUT2D eigenvalue weighted by atomic mass is 79.9. The van der Waals surface area contributed by atoms with Gasteiger partial charge in [0.15, 0.2) is 0 Å². The zero-order chi connectivity index (χ0) is 18.0. The van der Waals surface area contributed by atoms with E-state index in [1.165, 1.54) is 5.69 Å². The molecule has 1 saturated carbocycles. The van der Waals surface area contributed by atoms with Crippen molar-refractivity contribution in [3.05, 3.63) is 64.1 Å². The highest BCUT2D eigenvalue weighted by Crippen LogP contribution is 2.48. The predicted octanol–water partition coefficient (Wildman–Crippen LogP) is 3.63. The van der Waals surface area contributed by atoms with E-state index in [0.29, 0.717) is 6.54 Å². The van der Waals surface area contributed by atoms with E-state index in [0.717, 1.165) is 54.7 Å². The summed E-state index contributed by atoms with van der Waals surface area (Å²) < 4.78 is 6.42. The molecule has 1 aliphatic carbocycles. The lowest BCUT2D eigenvalue weighted by atomic mass is 9.95. The van der Waals surface area contributed by atoms with E-state index < -0.39 is 0 Å². The number of morpholine rings is 1. The first-order valence-corrected chi connectivity index (χ1v) is 9.93. The first-order chi connectivity index (χ1) is 12.7. The van der Waals surface area contributed by atoms with Crippen molar-refractivity contribution in [1.82, 2.24) is 5.32 Å². The lowest BCUT2D eigenvalue weighted by Crippen LogP contribution is -2.36. The van der Waals surface area contributed by atoms with Crippen LogP contribution in [0.15, 0.2) is 53.0 Å². The number of hydrogen-bond acceptors (Lipinski definition) is 3. The van der Waals surface area contributed by atoms with E-state index >= 15 is 0 Å². The Balaban J connectivity index is 1.37. The molecule has 4 rings (SSSR count). The molecule has 1 heterocycles. The maximum atomic E-state index is 12.8. The number of nitrogens with zero attached hydrogens (tertiary/aromatic N) is 1. The van der Waals surface area contributed by atoms with Crippen molar-refractivity contribution in [2.45, 2.75) is 24.8 Å². The molecule has 0 spiro atoms. The minimum atomic E-state index is -0.336. The molecule has 1 amide bonds. The van der Waals surface area contributed by atoms with Crippen LogP contribution in [0.25, 0.3) is 0 Å². The minimum Gasteiger partial charge on any atom is -0.378 e. The van der Waals surface area contributed by atoms with Gasteiger partial charge in [-0.3, -0.25) is 4.79 Å². The molecule has 1 N–H and O–H groups in total. The molecule has 1 aliphatic heterocycles. The summed E-state index contributed by atoms with van der Waals surface area (Å²) in [7, 11) is 0. The number of benzene rings is 2. The van der Waals surface area contributed by atoms with Crippen molar-refractivity contribution in [2.24, 2.45) is 0 Å². The number of anilines is 1. The standard InChI is InChI=1S/C21H23BrN2O2/c22-18-3-1-2-17(14-18)21(8-9-21)20(25)23-15-16-4-6-19(7-5-16)24-10-12-26-13-11-24/h1-7,14H,8-13,15H2,(H,23,25). The quantitative estimate of drug-likeness (QED) is 0.811. The molecule has 0 atom stereocenters. The molecular weight excluding hydrogens is 392 g/mol. The van der Waals surface area contributed by atoms with Crippen molar-refractivity contribution in [3.8, 4) is 0 Å². The Hall–Kier alpha value is -1.85. The van der Waals surface area contributed by atoms with Crippen LogP contribution in [-0.4, -0.2) is 32.2 Å². The van der Waals surface area contributed by atoms with Crippen molar-refractivity contribution in [3.63, 3.8) is 0 Å². The third kappa shape index (κ3) is 3.64. The van der Waals surface area contributed by atoms with E-state index in [1.54, 1.807) is 0 Å². The number of nitrogens with one attached hydrogen (secondary N) is 1. The Kier molecular flexibility index (Phi) is 5.00. The molecule has 0 unspecified atom stereocenters. The number of halogens is 1. The van der Waals surface area contributed by atoms with Crippen LogP contribution in [-0.2, 0) is 21.5 Å². The van der Waals surface area contributed by atoms with Gasteiger partial charge < -0.3 is 15.0 Å². The summed E-state index contributed by atoms with van der Waals surface area (Å²) in [5.74, 6) is 0.132. The van der Waals surface area contributed by atoms with Crippen molar-refractivity contribution in [1.29, 1.82) is 0 Å². The van der Waals surface area contributed by atoms with Crippen LogP contribution >= 0.6 is 15.9 Å². The third-order valence-corrected chi connectivity index (χ3v) is 5.82. The molecule has 0 aromatic heterocycles. The van der Waals surface area contributed by atoms with Gasteiger partial charge in [0.1, 0.15) is 0 Å². The van der Waals surface area contributed by atoms with Crippen LogP contribution in [0, 0.1) is 0 Å². The van der Waals surface area contributed by atoms with Gasteiger partial charge in [-0.1, -0.05) is 40.2 Å². The van der Waals surface area contributed by atoms with E-state index in [-0.39, 0.29) is 11.3 Å². The first-order valence-electron chi connectivity index (χ1n) is 9.13. The van der Waals surface area contributed by atoms with E-state index in [2.05, 4.69) is 62.5 Å². The Morgan fingerprint density at radius 1 is 1.12 bits per heavy atom. The fourth-order valence-electron chi connectivity index (χ4n) is 3.56. The van der Waals surface area contributed by atoms with E-state index in [9.17, 15) is 4.79 Å². The molecule has 5 heteroatoms. The highest BCUT2D eigenvalue weighted by molar-refractivity contribution is 9.10. The summed E-state index contributed by atoms with van der Waals surface area (Å²) in [6, 6.07) is 16.6. The molecule has 26 heavy (non-hydrogen) atoms. The topological polar surface area (TPSA) is 41.6 Å². The summed E-state index contributed by atoms with van der Waals surface area (Å²) in [6.45, 7) is 4.01. The van der Waals surface area contributed by atoms with Gasteiger partial charge in [0.2, 0.25) is 5.91 Å². The smallest absolute Gasteiger partial charge is 0.230 e. The van der Waals surface area contributed by atoms with Crippen molar-refractivity contribution < 1.29 is 9.53 Å². The minimum absolute atomic E-state index is 0.132. The third-order valence-electron chi connectivity index (χ3n) is 5.33. The second-order valence-electron chi connectivity index (χ2n) is 7.04. The number of hydrogen-bond donors (Lipinski definition) is 1. The molecule has 4 nitrogen and oxygen atoms in total. The molecule has 1 saturated heterocycles. The van der Waals surface area contributed by atoms with E-state index in [4.69, 9.17) is 4.74 Å². The molecule has 2 aromatic carbocycles. The number of carbonyl (C=O) groups is 1. The SMILES string of the molecule is O=C(NCc1ccc(N2CCOCC2)cc1)C1(c2cccc(Br)c2)CC1. The van der Waals surface area contributed by atoms with Crippen LogP contribution in [0.2, 0.25) is 0 Å². The average molecular weight is 415 g/mol. The molecule has 0 bridgehead atoms. The maximum Gasteiger partial charge on any atom is 0.230 e. The fourth-order valence-corrected chi connectivity index (χ4v) is 3.95. The zero-order valence-corrected chi connectivity index (χ0v) is 16.3. The summed E-state index contributed by atoms with van der Waals surface area (Å²) in [6.07, 6.45) is 1.84. The lowest BCUT2D eigenvalue weighted by molar-refractivity contribution is -0.123. The predicted molar refractivity (Wildman–Crippen MR) is 106 cm³/mol. The van der Waals surface area contributed by atoms with Crippen molar-refractivity contribution >= 4 is 27.5 Å². The summed E-state index contributed by atoms with van der Waals surface area (Å²) in [5.41, 5.74) is 3.11. The summed E-state index contributed by atoms with van der Waals surface area (Å²) in [5, 5.41) is 3.13. The molecule has 2 aliphatic rings. The molecule has 0 radical (unpaired) electrons. The van der Waals surface area contributed by atoms with Gasteiger partial charge in [-0.2, -0.15) is 0 Å². The van der Waals surface area contributed by atoms with Gasteiger partial charge in [-0.15, -0.1) is 0 Å². The Labute approximate surface area is 162 Å². The molecule has 2 aromatic rings. The fraction of sp³-hybridized carbons (Fsp3) is 0.381. The monoisotopic (exact) mass is 414 g/mol. The number of amides is 1.